The van der Waals surface area contributed by atoms with E-state index in [-0.39, 0.29) is 12.3 Å². The number of para-hydroxylation sites is 1. The average molecular weight is 395 g/mol. The summed E-state index contributed by atoms with van der Waals surface area (Å²) in [5.41, 5.74) is 1.25. The summed E-state index contributed by atoms with van der Waals surface area (Å²) in [4.78, 5) is 31.9. The van der Waals surface area contributed by atoms with Crippen molar-refractivity contribution in [3.63, 3.8) is 0 Å². The van der Waals surface area contributed by atoms with Gasteiger partial charge in [-0.3, -0.25) is 9.59 Å². The Kier molecular flexibility index (Phi) is 6.18. The first kappa shape index (κ1) is 19.3. The van der Waals surface area contributed by atoms with E-state index in [4.69, 9.17) is 4.74 Å². The number of hydrogen-bond donors (Lipinski definition) is 1. The molecule has 0 saturated heterocycles. The van der Waals surface area contributed by atoms with Gasteiger partial charge >= 0.3 is 5.97 Å². The Morgan fingerprint density at radius 1 is 1.11 bits per heavy atom. The summed E-state index contributed by atoms with van der Waals surface area (Å²) in [7, 11) is 0. The number of ether oxygens (including phenoxy) is 1. The Morgan fingerprint density at radius 2 is 1.89 bits per heavy atom. The van der Waals surface area contributed by atoms with Crippen molar-refractivity contribution in [2.75, 3.05) is 5.32 Å². The summed E-state index contributed by atoms with van der Waals surface area (Å²) in [6.07, 6.45) is 1.75. The molecule has 1 N–H and O–H groups in total. The molecule has 1 amide bonds. The highest BCUT2D eigenvalue weighted by Gasteiger charge is 2.14. The van der Waals surface area contributed by atoms with Crippen LogP contribution in [0.1, 0.15) is 20.3 Å². The van der Waals surface area contributed by atoms with E-state index < -0.39 is 5.97 Å². The Balaban J connectivity index is 1.67. The zero-order valence-electron chi connectivity index (χ0n) is 15.2. The number of nitrogens with one attached hydrogen (secondary N) is 1. The summed E-state index contributed by atoms with van der Waals surface area (Å²) < 4.78 is 5.19. The number of carbonyl (C=O) groups is 2. The van der Waals surface area contributed by atoms with Crippen LogP contribution in [0.5, 0.6) is 5.75 Å². The first-order valence-electron chi connectivity index (χ1n) is 8.37. The van der Waals surface area contributed by atoms with Gasteiger partial charge in [0, 0.05) is 18.8 Å². The predicted octanol–water partition coefficient (Wildman–Crippen LogP) is 3.65. The van der Waals surface area contributed by atoms with Crippen molar-refractivity contribution in [2.45, 2.75) is 20.3 Å². The summed E-state index contributed by atoms with van der Waals surface area (Å²) in [5.74, 6) is 0.261. The van der Waals surface area contributed by atoms with Gasteiger partial charge in [-0.25, -0.2) is 9.98 Å². The molecule has 0 aliphatic heterocycles. The monoisotopic (exact) mass is 395 g/mol. The molecule has 3 rings (SSSR count). The van der Waals surface area contributed by atoms with Gasteiger partial charge in [-0.2, -0.15) is 0 Å². The van der Waals surface area contributed by atoms with Crippen LogP contribution in [-0.4, -0.2) is 32.8 Å². The Bertz CT molecular complexity index is 1020. The molecule has 0 radical (unpaired) electrons. The predicted molar refractivity (Wildman–Crippen MR) is 107 cm³/mol. The lowest BCUT2D eigenvalue weighted by Gasteiger charge is -2.05. The van der Waals surface area contributed by atoms with Crippen LogP contribution < -0.4 is 10.1 Å². The van der Waals surface area contributed by atoms with Crippen LogP contribution >= 0.6 is 11.3 Å². The molecule has 0 saturated carbocycles. The van der Waals surface area contributed by atoms with Gasteiger partial charge in [-0.15, -0.1) is 10.2 Å². The van der Waals surface area contributed by atoms with Crippen LogP contribution in [0.15, 0.2) is 53.7 Å². The SMILES string of the molecule is CC(=O)Oc1ccccc1-c1nnc(NC(=O)CC(C)=Nc2ccccn2)s1. The zero-order valence-corrected chi connectivity index (χ0v) is 16.1. The fourth-order valence-electron chi connectivity index (χ4n) is 2.32. The second-order valence-corrected chi connectivity index (χ2v) is 6.74. The molecule has 3 aromatic rings. The van der Waals surface area contributed by atoms with Crippen molar-refractivity contribution in [1.82, 2.24) is 15.2 Å². The second-order valence-electron chi connectivity index (χ2n) is 5.76. The molecule has 28 heavy (non-hydrogen) atoms. The Morgan fingerprint density at radius 3 is 2.64 bits per heavy atom. The highest BCUT2D eigenvalue weighted by molar-refractivity contribution is 7.18. The van der Waals surface area contributed by atoms with Crippen molar-refractivity contribution in [2.24, 2.45) is 4.99 Å². The van der Waals surface area contributed by atoms with Gasteiger partial charge < -0.3 is 10.1 Å². The molecule has 9 heteroatoms. The van der Waals surface area contributed by atoms with E-state index in [0.29, 0.717) is 33.0 Å². The van der Waals surface area contributed by atoms with E-state index in [0.717, 1.165) is 0 Å². The molecule has 0 spiro atoms. The molecule has 2 heterocycles. The minimum atomic E-state index is -0.423. The molecule has 0 bridgehead atoms. The standard InChI is InChI=1S/C19H17N5O3S/c1-12(21-16-9-5-6-10-20-16)11-17(26)22-19-24-23-18(28-19)14-7-3-4-8-15(14)27-13(2)25/h3-10H,11H2,1-2H3,(H,22,24,26). The molecule has 0 unspecified atom stereocenters. The summed E-state index contributed by atoms with van der Waals surface area (Å²) in [5, 5.41) is 11.7. The Labute approximate surface area is 165 Å². The average Bonchev–Trinajstić information content (AvgIpc) is 3.10. The fourth-order valence-corrected chi connectivity index (χ4v) is 3.11. The first-order valence-corrected chi connectivity index (χ1v) is 9.19. The van der Waals surface area contributed by atoms with Gasteiger partial charge in [-0.05, 0) is 31.2 Å². The Hall–Kier alpha value is -3.46. The van der Waals surface area contributed by atoms with Gasteiger partial charge in [0.2, 0.25) is 11.0 Å². The first-order chi connectivity index (χ1) is 13.5. The van der Waals surface area contributed by atoms with Crippen LogP contribution in [0, 0.1) is 0 Å². The topological polar surface area (TPSA) is 106 Å². The molecule has 0 fully saturated rings. The number of amides is 1. The molecule has 0 aliphatic rings. The highest BCUT2D eigenvalue weighted by atomic mass is 32.1. The highest BCUT2D eigenvalue weighted by Crippen LogP contribution is 2.33. The van der Waals surface area contributed by atoms with Gasteiger partial charge in [0.05, 0.1) is 12.0 Å². The maximum absolute atomic E-state index is 12.2. The maximum atomic E-state index is 12.2. The normalized spacial score (nSPS) is 11.1. The van der Waals surface area contributed by atoms with Crippen molar-refractivity contribution in [1.29, 1.82) is 0 Å². The third kappa shape index (κ3) is 5.27. The van der Waals surface area contributed by atoms with Crippen molar-refractivity contribution in [3.05, 3.63) is 48.7 Å². The maximum Gasteiger partial charge on any atom is 0.308 e. The van der Waals surface area contributed by atoms with E-state index in [1.54, 1.807) is 49.5 Å². The van der Waals surface area contributed by atoms with Crippen LogP contribution in [0.2, 0.25) is 0 Å². The minimum absolute atomic E-state index is 0.107. The van der Waals surface area contributed by atoms with Crippen LogP contribution in [0.4, 0.5) is 10.9 Å². The van der Waals surface area contributed by atoms with Crippen molar-refractivity contribution >= 4 is 39.9 Å². The number of anilines is 1. The lowest BCUT2D eigenvalue weighted by Crippen LogP contribution is -2.14. The quantitative estimate of drug-likeness (QED) is 0.388. The number of pyridine rings is 1. The summed E-state index contributed by atoms with van der Waals surface area (Å²) in [6.45, 7) is 3.09. The minimum Gasteiger partial charge on any atom is -0.426 e. The number of nitrogens with zero attached hydrogens (tertiary/aromatic N) is 4. The molecular formula is C19H17N5O3S. The summed E-state index contributed by atoms with van der Waals surface area (Å²) >= 11 is 1.19. The zero-order chi connectivity index (χ0) is 19.9. The van der Waals surface area contributed by atoms with E-state index in [1.165, 1.54) is 18.3 Å². The number of rotatable bonds is 6. The van der Waals surface area contributed by atoms with Crippen LogP contribution in [0.25, 0.3) is 10.6 Å². The number of hydrogen-bond acceptors (Lipinski definition) is 8. The molecule has 2 aromatic heterocycles. The van der Waals surface area contributed by atoms with Gasteiger partial charge in [0.25, 0.3) is 0 Å². The number of aliphatic imine (C=N–C) groups is 1. The molecule has 8 nitrogen and oxygen atoms in total. The number of aromatic nitrogens is 3. The molecule has 1 aromatic carbocycles. The molecule has 142 valence electrons. The fraction of sp³-hybridized carbons (Fsp3) is 0.158. The van der Waals surface area contributed by atoms with E-state index >= 15 is 0 Å². The smallest absolute Gasteiger partial charge is 0.308 e. The summed E-state index contributed by atoms with van der Waals surface area (Å²) in [6, 6.07) is 12.4. The third-order valence-corrected chi connectivity index (χ3v) is 4.29. The lowest BCUT2D eigenvalue weighted by atomic mass is 10.2. The van der Waals surface area contributed by atoms with E-state index in [1.807, 2.05) is 6.07 Å². The number of benzene rings is 1. The van der Waals surface area contributed by atoms with E-state index in [9.17, 15) is 9.59 Å². The largest absolute Gasteiger partial charge is 0.426 e. The molecule has 0 aliphatic carbocycles. The molecular weight excluding hydrogens is 378 g/mol. The van der Waals surface area contributed by atoms with Gasteiger partial charge in [0.1, 0.15) is 5.75 Å². The van der Waals surface area contributed by atoms with Crippen LogP contribution in [-0.2, 0) is 9.59 Å². The number of carbonyl (C=O) groups excluding carboxylic acids is 2. The second kappa shape index (κ2) is 8.96. The third-order valence-electron chi connectivity index (χ3n) is 3.41. The van der Waals surface area contributed by atoms with Crippen LogP contribution in [0.3, 0.4) is 0 Å². The number of esters is 1. The van der Waals surface area contributed by atoms with Crippen molar-refractivity contribution < 1.29 is 14.3 Å². The molecule has 0 atom stereocenters. The van der Waals surface area contributed by atoms with Crippen molar-refractivity contribution in [3.8, 4) is 16.3 Å². The lowest BCUT2D eigenvalue weighted by molar-refractivity contribution is -0.131. The van der Waals surface area contributed by atoms with Gasteiger partial charge in [-0.1, -0.05) is 29.5 Å². The van der Waals surface area contributed by atoms with E-state index in [2.05, 4.69) is 25.5 Å². The van der Waals surface area contributed by atoms with Gasteiger partial charge in [0.15, 0.2) is 10.8 Å².